The van der Waals surface area contributed by atoms with E-state index in [-0.39, 0.29) is 23.2 Å². The number of benzene rings is 1. The molecule has 1 fully saturated rings. The molecule has 1 aromatic carbocycles. The molecule has 10 heteroatoms. The highest BCUT2D eigenvalue weighted by Crippen LogP contribution is 2.34. The minimum absolute atomic E-state index is 0.216. The van der Waals surface area contributed by atoms with Crippen molar-refractivity contribution < 1.29 is 13.2 Å². The number of carbonyl (C=O) groups is 1. The molecule has 1 saturated heterocycles. The van der Waals surface area contributed by atoms with Crippen LogP contribution in [-0.4, -0.2) is 46.6 Å². The van der Waals surface area contributed by atoms with Crippen LogP contribution in [-0.2, 0) is 16.4 Å². The van der Waals surface area contributed by atoms with E-state index in [0.29, 0.717) is 17.5 Å². The van der Waals surface area contributed by atoms with Crippen molar-refractivity contribution in [2.75, 3.05) is 17.5 Å². The predicted molar refractivity (Wildman–Crippen MR) is 138 cm³/mol. The smallest absolute Gasteiger partial charge is 0.256 e. The first kappa shape index (κ1) is 25.4. The van der Waals surface area contributed by atoms with Gasteiger partial charge in [-0.05, 0) is 62.3 Å². The average Bonchev–Trinajstić information content (AvgIpc) is 3.21. The lowest BCUT2D eigenvalue weighted by Gasteiger charge is -2.35. The van der Waals surface area contributed by atoms with Crippen LogP contribution in [0.2, 0.25) is 5.02 Å². The fourth-order valence-corrected chi connectivity index (χ4v) is 5.28. The minimum atomic E-state index is -3.57. The average molecular weight is 518 g/mol. The lowest BCUT2D eigenvalue weighted by atomic mass is 9.98. The van der Waals surface area contributed by atoms with Gasteiger partial charge in [0.1, 0.15) is 0 Å². The molecule has 0 saturated carbocycles. The summed E-state index contributed by atoms with van der Waals surface area (Å²) in [7, 11) is -3.57. The van der Waals surface area contributed by atoms with Gasteiger partial charge in [-0.2, -0.15) is 5.10 Å². The molecular formula is C25H32ClN5O3S. The van der Waals surface area contributed by atoms with Crippen molar-refractivity contribution in [3.63, 3.8) is 0 Å². The molecule has 2 atom stereocenters. The first-order chi connectivity index (χ1) is 16.6. The van der Waals surface area contributed by atoms with Gasteiger partial charge in [0.2, 0.25) is 10.0 Å². The van der Waals surface area contributed by atoms with Crippen molar-refractivity contribution in [2.45, 2.75) is 58.9 Å². The second-order valence-electron chi connectivity index (χ2n) is 9.53. The van der Waals surface area contributed by atoms with Crippen molar-refractivity contribution >= 4 is 38.9 Å². The highest BCUT2D eigenvalue weighted by atomic mass is 35.5. The summed E-state index contributed by atoms with van der Waals surface area (Å²) in [5.74, 6) is 0.270. The zero-order valence-corrected chi connectivity index (χ0v) is 22.2. The number of likely N-dealkylation sites (tertiary alicyclic amines) is 1. The van der Waals surface area contributed by atoms with Gasteiger partial charge >= 0.3 is 0 Å². The van der Waals surface area contributed by atoms with Gasteiger partial charge in [0.25, 0.3) is 5.91 Å². The third kappa shape index (κ3) is 5.78. The number of nitrogens with zero attached hydrogens (tertiary/aromatic N) is 4. The van der Waals surface area contributed by atoms with Crippen molar-refractivity contribution in [1.29, 1.82) is 0 Å². The number of halogens is 1. The molecule has 0 unspecified atom stereocenters. The summed E-state index contributed by atoms with van der Waals surface area (Å²) in [4.78, 5) is 20.4. The molecule has 1 aliphatic rings. The Labute approximate surface area is 211 Å². The molecule has 0 aliphatic carbocycles. The molecule has 1 aliphatic heterocycles. The Hall–Kier alpha value is -2.65. The maximum absolute atomic E-state index is 13.7. The van der Waals surface area contributed by atoms with E-state index in [4.69, 9.17) is 21.7 Å². The fraction of sp³-hybridized carbons (Fsp3) is 0.480. The van der Waals surface area contributed by atoms with Gasteiger partial charge in [-0.1, -0.05) is 31.9 Å². The predicted octanol–water partition coefficient (Wildman–Crippen LogP) is 5.02. The first-order valence-electron chi connectivity index (χ1n) is 12.0. The van der Waals surface area contributed by atoms with Crippen LogP contribution >= 0.6 is 11.6 Å². The molecule has 4 rings (SSSR count). The number of aryl methyl sites for hydroxylation is 1. The molecule has 3 aromatic rings. The van der Waals surface area contributed by atoms with Gasteiger partial charge in [-0.25, -0.2) is 17.9 Å². The number of anilines is 1. The van der Waals surface area contributed by atoms with Crippen molar-refractivity contribution in [1.82, 2.24) is 19.5 Å². The van der Waals surface area contributed by atoms with Crippen LogP contribution in [0.4, 0.5) is 5.69 Å². The van der Waals surface area contributed by atoms with E-state index in [1.165, 1.54) is 12.1 Å². The highest BCUT2D eigenvalue weighted by Gasteiger charge is 2.32. The van der Waals surface area contributed by atoms with Crippen LogP contribution in [0.3, 0.4) is 0 Å². The molecule has 188 valence electrons. The Morgan fingerprint density at radius 2 is 2.06 bits per heavy atom. The van der Waals surface area contributed by atoms with E-state index in [0.717, 1.165) is 61.0 Å². The van der Waals surface area contributed by atoms with E-state index in [2.05, 4.69) is 25.5 Å². The van der Waals surface area contributed by atoms with E-state index in [9.17, 15) is 13.2 Å². The Kier molecular flexibility index (Phi) is 7.38. The van der Waals surface area contributed by atoms with E-state index in [1.54, 1.807) is 15.5 Å². The molecule has 2 aromatic heterocycles. The third-order valence-corrected chi connectivity index (χ3v) is 7.43. The van der Waals surface area contributed by atoms with Crippen LogP contribution < -0.4 is 4.72 Å². The third-order valence-electron chi connectivity index (χ3n) is 6.61. The largest absolute Gasteiger partial charge is 0.330 e. The van der Waals surface area contributed by atoms with Gasteiger partial charge < -0.3 is 4.90 Å². The van der Waals surface area contributed by atoms with Gasteiger partial charge in [-0.15, -0.1) is 0 Å². The Morgan fingerprint density at radius 1 is 1.29 bits per heavy atom. The second kappa shape index (κ2) is 10.1. The van der Waals surface area contributed by atoms with Gasteiger partial charge in [0.15, 0.2) is 5.65 Å². The first-order valence-corrected chi connectivity index (χ1v) is 14.3. The number of amides is 1. The van der Waals surface area contributed by atoms with Crippen molar-refractivity contribution in [3.8, 4) is 0 Å². The number of hydrogen-bond acceptors (Lipinski definition) is 5. The molecular weight excluding hydrogens is 486 g/mol. The molecule has 3 heterocycles. The maximum Gasteiger partial charge on any atom is 0.256 e. The van der Waals surface area contributed by atoms with E-state index < -0.39 is 10.0 Å². The lowest BCUT2D eigenvalue weighted by molar-refractivity contribution is 0.0607. The number of carbonyl (C=O) groups excluding carboxylic acids is 1. The Bertz CT molecular complexity index is 1350. The maximum atomic E-state index is 13.7. The van der Waals surface area contributed by atoms with Crippen LogP contribution in [0.25, 0.3) is 5.65 Å². The normalized spacial score (nSPS) is 17.5. The zero-order valence-electron chi connectivity index (χ0n) is 20.6. The molecule has 1 amide bonds. The summed E-state index contributed by atoms with van der Waals surface area (Å²) >= 11 is 6.18. The quantitative estimate of drug-likeness (QED) is 0.474. The topological polar surface area (TPSA) is 96.7 Å². The summed E-state index contributed by atoms with van der Waals surface area (Å²) < 4.78 is 28.0. The molecule has 1 N–H and O–H groups in total. The van der Waals surface area contributed by atoms with Gasteiger partial charge in [0, 0.05) is 29.5 Å². The summed E-state index contributed by atoms with van der Waals surface area (Å²) in [5, 5.41) is 5.15. The SMILES string of the molecule is CC[C@@H](C)Cc1nc2cc([C@@H]3CCCCN3C(=O)c3cc(Cl)ccc3NS(C)(=O)=O)nn2cc1C. The summed E-state index contributed by atoms with van der Waals surface area (Å²) in [6.07, 6.45) is 7.67. The number of nitrogens with one attached hydrogen (secondary N) is 1. The molecule has 0 bridgehead atoms. The van der Waals surface area contributed by atoms with Crippen molar-refractivity contribution in [2.24, 2.45) is 5.92 Å². The molecule has 8 nitrogen and oxygen atoms in total. The fourth-order valence-electron chi connectivity index (χ4n) is 4.53. The standard InChI is InChI=1S/C25H32ClN5O3S/c1-5-16(2)12-21-17(3)15-31-24(27-21)14-22(28-31)23-8-6-7-11-30(23)25(32)19-13-18(26)9-10-20(19)29-35(4,33)34/h9-10,13-16,23,29H,5-8,11-12H2,1-4H3/t16-,23+/m1/s1. The zero-order chi connectivity index (χ0) is 25.3. The Morgan fingerprint density at radius 3 is 2.77 bits per heavy atom. The van der Waals surface area contributed by atoms with Crippen LogP contribution in [0, 0.1) is 12.8 Å². The van der Waals surface area contributed by atoms with E-state index in [1.807, 2.05) is 12.3 Å². The number of hydrogen-bond donors (Lipinski definition) is 1. The van der Waals surface area contributed by atoms with Crippen LogP contribution in [0.15, 0.2) is 30.5 Å². The van der Waals surface area contributed by atoms with Gasteiger partial charge in [-0.3, -0.25) is 9.52 Å². The number of rotatable bonds is 7. The number of sulfonamides is 1. The Balaban J connectivity index is 1.69. The lowest BCUT2D eigenvalue weighted by Crippen LogP contribution is -2.39. The molecule has 0 spiro atoms. The molecule has 0 radical (unpaired) electrons. The summed E-state index contributed by atoms with van der Waals surface area (Å²) in [6, 6.07) is 6.32. The van der Waals surface area contributed by atoms with Crippen LogP contribution in [0.1, 0.15) is 72.9 Å². The summed E-state index contributed by atoms with van der Waals surface area (Å²) in [5.41, 5.74) is 4.16. The minimum Gasteiger partial charge on any atom is -0.330 e. The summed E-state index contributed by atoms with van der Waals surface area (Å²) in [6.45, 7) is 7.01. The number of piperidine rings is 1. The van der Waals surface area contributed by atoms with Crippen LogP contribution in [0.5, 0.6) is 0 Å². The second-order valence-corrected chi connectivity index (χ2v) is 11.7. The number of aromatic nitrogens is 3. The van der Waals surface area contributed by atoms with E-state index >= 15 is 0 Å². The van der Waals surface area contributed by atoms with Gasteiger partial charge in [0.05, 0.1) is 29.2 Å². The molecule has 35 heavy (non-hydrogen) atoms. The highest BCUT2D eigenvalue weighted by molar-refractivity contribution is 7.92. The monoisotopic (exact) mass is 517 g/mol. The number of fused-ring (bicyclic) bond motifs is 1. The van der Waals surface area contributed by atoms with Crippen molar-refractivity contribution in [3.05, 3.63) is 58.0 Å².